The monoisotopic (exact) mass is 315 g/mol. The molecule has 0 saturated carbocycles. The van der Waals surface area contributed by atoms with Gasteiger partial charge in [0.25, 0.3) is 5.82 Å². The molecule has 3 N–H and O–H groups in total. The number of pyridine rings is 1. The van der Waals surface area contributed by atoms with E-state index >= 15 is 0 Å². The Kier molecular flexibility index (Phi) is 4.59. The maximum absolute atomic E-state index is 11.1. The largest absolute Gasteiger partial charge is 0.299 e. The zero-order chi connectivity index (χ0) is 15.4. The zero-order valence-electron chi connectivity index (χ0n) is 11.1. The number of nitrogens with zero attached hydrogens (tertiary/aromatic N) is 2. The van der Waals surface area contributed by atoms with Crippen molar-refractivity contribution < 1.29 is 9.78 Å². The number of Topliss-reactive ketones (excluding diaryl/α,β-unsaturated/α-hetero) is 1. The lowest BCUT2D eigenvalue weighted by atomic mass is 10.0. The number of anilines is 1. The lowest BCUT2D eigenvalue weighted by Gasteiger charge is -2.07. The summed E-state index contributed by atoms with van der Waals surface area (Å²) in [5.74, 6) is 0.435. The molecule has 0 saturated heterocycles. The summed E-state index contributed by atoms with van der Waals surface area (Å²) >= 11 is 2.64. The molecular formula is C14H11N4OS2+. The quantitative estimate of drug-likeness (QED) is 0.871. The van der Waals surface area contributed by atoms with Gasteiger partial charge in [0.1, 0.15) is 23.5 Å². The minimum Gasteiger partial charge on any atom is -0.299 e. The second-order valence-corrected chi connectivity index (χ2v) is 6.12. The third-order valence-corrected chi connectivity index (χ3v) is 4.69. The van der Waals surface area contributed by atoms with Crippen LogP contribution in [0.1, 0.15) is 18.1 Å². The summed E-state index contributed by atoms with van der Waals surface area (Å²) in [6.07, 6.45) is 0. The summed E-state index contributed by atoms with van der Waals surface area (Å²) in [4.78, 5) is 14.8. The van der Waals surface area contributed by atoms with Crippen LogP contribution in [0.5, 0.6) is 0 Å². The Morgan fingerprint density at radius 2 is 2.14 bits per heavy atom. The Bertz CT molecular complexity index is 770. The summed E-state index contributed by atoms with van der Waals surface area (Å²) < 4.78 is 0. The van der Waals surface area contributed by atoms with Crippen LogP contribution in [0.15, 0.2) is 22.5 Å². The maximum Gasteiger partial charge on any atom is 0.289 e. The van der Waals surface area contributed by atoms with E-state index in [1.165, 1.54) is 30.0 Å². The summed E-state index contributed by atoms with van der Waals surface area (Å²) in [6.45, 7) is 1.48. The average Bonchev–Trinajstić information content (AvgIpc) is 2.97. The number of nitrogens with two attached hydrogens (primary N) is 1. The number of carbonyl (C=O) groups is 1. The molecule has 0 atom stereocenters. The predicted molar refractivity (Wildman–Crippen MR) is 81.6 cm³/mol. The second-order valence-electron chi connectivity index (χ2n) is 4.18. The number of nitrogens with one attached hydrogen (secondary N) is 1. The van der Waals surface area contributed by atoms with E-state index in [1.807, 2.05) is 23.6 Å². The van der Waals surface area contributed by atoms with E-state index in [9.17, 15) is 15.3 Å². The SMILES string of the molecule is CC(=O)CSc1[nH+]c(N)c(C#N)c(-c2cccs2)c1C#N. The Balaban J connectivity index is 2.69. The summed E-state index contributed by atoms with van der Waals surface area (Å²) in [6, 6.07) is 7.84. The molecule has 0 aliphatic rings. The lowest BCUT2D eigenvalue weighted by Crippen LogP contribution is -2.19. The molecule has 2 aromatic rings. The van der Waals surface area contributed by atoms with Gasteiger partial charge < -0.3 is 0 Å². The molecule has 2 heterocycles. The molecule has 0 aromatic carbocycles. The molecule has 0 amide bonds. The third-order valence-electron chi connectivity index (χ3n) is 2.66. The van der Waals surface area contributed by atoms with E-state index in [0.29, 0.717) is 16.2 Å². The normalized spacial score (nSPS) is 9.86. The van der Waals surface area contributed by atoms with Crippen molar-refractivity contribution >= 4 is 34.7 Å². The number of H-pyrrole nitrogens is 1. The van der Waals surface area contributed by atoms with Crippen molar-refractivity contribution in [2.75, 3.05) is 11.5 Å². The van der Waals surface area contributed by atoms with Gasteiger partial charge in [0, 0.05) is 10.4 Å². The lowest BCUT2D eigenvalue weighted by molar-refractivity contribution is -0.410. The molecular weight excluding hydrogens is 304 g/mol. The van der Waals surface area contributed by atoms with Crippen LogP contribution in [0.4, 0.5) is 5.82 Å². The highest BCUT2D eigenvalue weighted by Crippen LogP contribution is 2.35. The fraction of sp³-hybridized carbons (Fsp3) is 0.143. The van der Waals surface area contributed by atoms with Gasteiger partial charge in [-0.1, -0.05) is 17.8 Å². The number of nitriles is 2. The maximum atomic E-state index is 11.1. The number of nitrogen functional groups attached to an aromatic ring is 1. The van der Waals surface area contributed by atoms with Gasteiger partial charge in [-0.3, -0.25) is 10.5 Å². The smallest absolute Gasteiger partial charge is 0.289 e. The molecule has 0 spiro atoms. The number of rotatable bonds is 4. The molecule has 0 bridgehead atoms. The van der Waals surface area contributed by atoms with Gasteiger partial charge in [-0.15, -0.1) is 11.3 Å². The first-order chi connectivity index (χ1) is 10.1. The standard InChI is InChI=1S/C14H10N4OS2/c1-8(19)7-21-14-10(6-16)12(11-3-2-4-20-11)9(5-15)13(17)18-14/h2-4H,7H2,1H3,(H2,17,18)/p+1. The minimum atomic E-state index is -0.00195. The van der Waals surface area contributed by atoms with Gasteiger partial charge in [-0.05, 0) is 18.4 Å². The first kappa shape index (κ1) is 15.0. The summed E-state index contributed by atoms with van der Waals surface area (Å²) in [5.41, 5.74) is 7.01. The van der Waals surface area contributed by atoms with Crippen molar-refractivity contribution in [1.29, 1.82) is 10.5 Å². The highest BCUT2D eigenvalue weighted by molar-refractivity contribution is 7.99. The molecule has 21 heavy (non-hydrogen) atoms. The van der Waals surface area contributed by atoms with Gasteiger partial charge in [-0.2, -0.15) is 10.5 Å². The molecule has 0 aliphatic heterocycles. The molecule has 0 aliphatic carbocycles. The molecule has 104 valence electrons. The van der Waals surface area contributed by atoms with Crippen molar-refractivity contribution in [2.45, 2.75) is 11.9 Å². The molecule has 2 aromatic heterocycles. The van der Waals surface area contributed by atoms with Crippen LogP contribution in [0.2, 0.25) is 0 Å². The molecule has 7 heteroatoms. The predicted octanol–water partition coefficient (Wildman–Crippen LogP) is 2.24. The number of aromatic amines is 1. The van der Waals surface area contributed by atoms with Crippen LogP contribution in [-0.4, -0.2) is 11.5 Å². The first-order valence-corrected chi connectivity index (χ1v) is 7.80. The van der Waals surface area contributed by atoms with E-state index in [1.54, 1.807) is 0 Å². The Hall–Kier alpha value is -2.35. The van der Waals surface area contributed by atoms with Gasteiger partial charge in [0.15, 0.2) is 10.6 Å². The van der Waals surface area contributed by atoms with Crippen LogP contribution in [-0.2, 0) is 4.79 Å². The summed E-state index contributed by atoms with van der Waals surface area (Å²) in [5, 5.41) is 21.1. The van der Waals surface area contributed by atoms with E-state index in [4.69, 9.17) is 5.73 Å². The Labute approximate surface area is 130 Å². The molecule has 2 rings (SSSR count). The van der Waals surface area contributed by atoms with Crippen LogP contribution in [0.25, 0.3) is 10.4 Å². The topological polar surface area (TPSA) is 105 Å². The zero-order valence-corrected chi connectivity index (χ0v) is 12.8. The Morgan fingerprint density at radius 3 is 2.67 bits per heavy atom. The second kappa shape index (κ2) is 6.40. The van der Waals surface area contributed by atoms with Gasteiger partial charge in [0.05, 0.1) is 5.75 Å². The third kappa shape index (κ3) is 3.05. The number of aromatic nitrogens is 1. The fourth-order valence-electron chi connectivity index (χ4n) is 1.79. The number of ketones is 1. The molecule has 5 nitrogen and oxygen atoms in total. The van der Waals surface area contributed by atoms with E-state index in [-0.39, 0.29) is 22.9 Å². The fourth-order valence-corrected chi connectivity index (χ4v) is 3.40. The Morgan fingerprint density at radius 1 is 1.43 bits per heavy atom. The number of hydrogen-bond acceptors (Lipinski definition) is 6. The van der Waals surface area contributed by atoms with Crippen molar-refractivity contribution in [1.82, 2.24) is 0 Å². The molecule has 0 fully saturated rings. The summed E-state index contributed by atoms with van der Waals surface area (Å²) in [7, 11) is 0. The van der Waals surface area contributed by atoms with Crippen molar-refractivity contribution in [3.8, 4) is 22.6 Å². The van der Waals surface area contributed by atoms with Crippen LogP contribution in [0.3, 0.4) is 0 Å². The van der Waals surface area contributed by atoms with Crippen LogP contribution in [0, 0.1) is 22.7 Å². The van der Waals surface area contributed by atoms with Gasteiger partial charge in [-0.25, -0.2) is 4.98 Å². The van der Waals surface area contributed by atoms with Crippen molar-refractivity contribution in [3.63, 3.8) is 0 Å². The van der Waals surface area contributed by atoms with Crippen LogP contribution < -0.4 is 10.7 Å². The van der Waals surface area contributed by atoms with Gasteiger partial charge in [0.2, 0.25) is 0 Å². The van der Waals surface area contributed by atoms with Gasteiger partial charge >= 0.3 is 0 Å². The molecule has 0 radical (unpaired) electrons. The van der Waals surface area contributed by atoms with E-state index in [0.717, 1.165) is 4.88 Å². The van der Waals surface area contributed by atoms with Crippen molar-refractivity contribution in [3.05, 3.63) is 28.6 Å². The highest BCUT2D eigenvalue weighted by atomic mass is 32.2. The minimum absolute atomic E-state index is 0.00195. The van der Waals surface area contributed by atoms with E-state index in [2.05, 4.69) is 11.1 Å². The number of hydrogen-bond donors (Lipinski definition) is 1. The average molecular weight is 315 g/mol. The van der Waals surface area contributed by atoms with Crippen molar-refractivity contribution in [2.24, 2.45) is 0 Å². The van der Waals surface area contributed by atoms with E-state index < -0.39 is 0 Å². The molecule has 0 unspecified atom stereocenters. The first-order valence-electron chi connectivity index (χ1n) is 5.93. The number of thioether (sulfide) groups is 1. The van der Waals surface area contributed by atoms with Crippen LogP contribution >= 0.6 is 23.1 Å². The number of thiophene rings is 1. The number of carbonyl (C=O) groups excluding carboxylic acids is 1. The highest BCUT2D eigenvalue weighted by Gasteiger charge is 2.24.